The number of benzene rings is 1. The van der Waals surface area contributed by atoms with Crippen LogP contribution in [0.4, 0.5) is 18.9 Å². The summed E-state index contributed by atoms with van der Waals surface area (Å²) < 4.78 is 37.1. The summed E-state index contributed by atoms with van der Waals surface area (Å²) >= 11 is 0. The molecule has 0 heterocycles. The smallest absolute Gasteiger partial charge is 0.398 e. The van der Waals surface area contributed by atoms with Gasteiger partial charge in [-0.05, 0) is 23.2 Å². The van der Waals surface area contributed by atoms with E-state index in [1.165, 1.54) is 24.3 Å². The second-order valence-electron chi connectivity index (χ2n) is 3.16. The van der Waals surface area contributed by atoms with Crippen molar-refractivity contribution in [3.63, 3.8) is 0 Å². The molecule has 2 N–H and O–H groups in total. The Kier molecular flexibility index (Phi) is 4.01. The lowest BCUT2D eigenvalue weighted by molar-refractivity contribution is -0.136. The molecule has 1 aromatic carbocycles. The lowest BCUT2D eigenvalue weighted by atomic mass is 10.1. The molecule has 90 valence electrons. The van der Waals surface area contributed by atoms with E-state index in [9.17, 15) is 13.2 Å². The van der Waals surface area contributed by atoms with E-state index >= 15 is 0 Å². The summed E-state index contributed by atoms with van der Waals surface area (Å²) in [5.41, 5.74) is 12.6. The van der Waals surface area contributed by atoms with E-state index in [1.807, 2.05) is 0 Å². The highest BCUT2D eigenvalue weighted by Crippen LogP contribution is 2.33. The van der Waals surface area contributed by atoms with Crippen LogP contribution in [0.5, 0.6) is 0 Å². The van der Waals surface area contributed by atoms with Crippen molar-refractivity contribution in [2.24, 2.45) is 5.11 Å². The molecule has 0 aromatic heterocycles. The molecule has 0 amide bonds. The monoisotopic (exact) mass is 242 g/mol. The van der Waals surface area contributed by atoms with Crippen molar-refractivity contribution in [1.29, 1.82) is 0 Å². The zero-order valence-electron chi connectivity index (χ0n) is 8.65. The summed E-state index contributed by atoms with van der Waals surface area (Å²) in [6.07, 6.45) is -1.38. The summed E-state index contributed by atoms with van der Waals surface area (Å²) in [5, 5.41) is 3.25. The Morgan fingerprint density at radius 3 is 2.65 bits per heavy atom. The molecule has 4 nitrogen and oxygen atoms in total. The lowest BCUT2D eigenvalue weighted by Gasteiger charge is -2.09. The summed E-state index contributed by atoms with van der Waals surface area (Å²) in [5.74, 6) is 0. The first-order chi connectivity index (χ1) is 7.95. The largest absolute Gasteiger partial charge is 0.418 e. The van der Waals surface area contributed by atoms with Gasteiger partial charge in [-0.25, -0.2) is 0 Å². The minimum Gasteiger partial charge on any atom is -0.398 e. The van der Waals surface area contributed by atoms with Crippen LogP contribution in [0.2, 0.25) is 0 Å². The third kappa shape index (κ3) is 3.73. The molecule has 0 spiro atoms. The van der Waals surface area contributed by atoms with Crippen LogP contribution in [0.25, 0.3) is 16.5 Å². The number of hydrogen-bond donors (Lipinski definition) is 1. The molecule has 0 saturated heterocycles. The van der Waals surface area contributed by atoms with E-state index in [0.29, 0.717) is 5.56 Å². The van der Waals surface area contributed by atoms with Gasteiger partial charge in [0.2, 0.25) is 0 Å². The maximum Gasteiger partial charge on any atom is 0.418 e. The Balaban J connectivity index is 2.89. The van der Waals surface area contributed by atoms with Gasteiger partial charge in [-0.3, -0.25) is 0 Å². The Bertz CT molecular complexity index is 473. The van der Waals surface area contributed by atoms with Gasteiger partial charge in [0, 0.05) is 17.1 Å². The number of halogens is 3. The van der Waals surface area contributed by atoms with E-state index in [4.69, 9.17) is 11.3 Å². The van der Waals surface area contributed by atoms with E-state index in [-0.39, 0.29) is 12.2 Å². The van der Waals surface area contributed by atoms with Crippen LogP contribution in [-0.2, 0) is 6.18 Å². The standard InChI is InChI=1S/C10H9F3N4/c11-10(12,13)8-4-3-7(6-9(8)14)2-1-5-16-17-15/h1-4,6H,5,14H2. The molecular weight excluding hydrogens is 233 g/mol. The normalized spacial score (nSPS) is 11.5. The first-order valence-electron chi connectivity index (χ1n) is 4.59. The molecule has 0 aliphatic carbocycles. The molecule has 17 heavy (non-hydrogen) atoms. The van der Waals surface area contributed by atoms with Crippen LogP contribution in [-0.4, -0.2) is 6.54 Å². The van der Waals surface area contributed by atoms with Crippen LogP contribution in [0.15, 0.2) is 29.4 Å². The minimum atomic E-state index is -4.45. The van der Waals surface area contributed by atoms with Gasteiger partial charge in [0.15, 0.2) is 0 Å². The lowest BCUT2D eigenvalue weighted by Crippen LogP contribution is -2.08. The van der Waals surface area contributed by atoms with Crippen LogP contribution in [0.3, 0.4) is 0 Å². The second kappa shape index (κ2) is 5.27. The summed E-state index contributed by atoms with van der Waals surface area (Å²) in [7, 11) is 0. The van der Waals surface area contributed by atoms with E-state index in [2.05, 4.69) is 10.0 Å². The fraction of sp³-hybridized carbons (Fsp3) is 0.200. The first-order valence-corrected chi connectivity index (χ1v) is 4.59. The van der Waals surface area contributed by atoms with Crippen molar-refractivity contribution in [2.45, 2.75) is 6.18 Å². The molecule has 1 rings (SSSR count). The maximum atomic E-state index is 12.4. The van der Waals surface area contributed by atoms with Gasteiger partial charge in [0.1, 0.15) is 0 Å². The van der Waals surface area contributed by atoms with E-state index in [0.717, 1.165) is 6.07 Å². The highest BCUT2D eigenvalue weighted by molar-refractivity contribution is 5.59. The van der Waals surface area contributed by atoms with Crippen LogP contribution >= 0.6 is 0 Å². The van der Waals surface area contributed by atoms with Crippen LogP contribution < -0.4 is 5.73 Å². The molecular formula is C10H9F3N4. The van der Waals surface area contributed by atoms with Crippen LogP contribution in [0, 0.1) is 0 Å². The maximum absolute atomic E-state index is 12.4. The average Bonchev–Trinajstić information content (AvgIpc) is 2.23. The fourth-order valence-electron chi connectivity index (χ4n) is 1.22. The van der Waals surface area contributed by atoms with Crippen molar-refractivity contribution in [2.75, 3.05) is 12.3 Å². The van der Waals surface area contributed by atoms with Gasteiger partial charge in [-0.2, -0.15) is 13.2 Å². The Morgan fingerprint density at radius 2 is 2.12 bits per heavy atom. The zero-order valence-corrected chi connectivity index (χ0v) is 8.65. The first kappa shape index (κ1) is 12.9. The predicted molar refractivity (Wildman–Crippen MR) is 58.9 cm³/mol. The molecule has 0 aliphatic rings. The van der Waals surface area contributed by atoms with Gasteiger partial charge in [-0.1, -0.05) is 23.3 Å². The minimum absolute atomic E-state index is 0.136. The fourth-order valence-corrected chi connectivity index (χ4v) is 1.22. The van der Waals surface area contributed by atoms with E-state index in [1.54, 1.807) is 0 Å². The Hall–Kier alpha value is -2.14. The number of nitrogen functional groups attached to an aromatic ring is 1. The van der Waals surface area contributed by atoms with Gasteiger partial charge in [0.25, 0.3) is 0 Å². The third-order valence-corrected chi connectivity index (χ3v) is 1.94. The third-order valence-electron chi connectivity index (χ3n) is 1.94. The predicted octanol–water partition coefficient (Wildman–Crippen LogP) is 3.61. The molecule has 0 aliphatic heterocycles. The number of hydrogen-bond acceptors (Lipinski definition) is 2. The number of nitrogens with two attached hydrogens (primary N) is 1. The van der Waals surface area contributed by atoms with Crippen LogP contribution in [0.1, 0.15) is 11.1 Å². The summed E-state index contributed by atoms with van der Waals surface area (Å²) in [6.45, 7) is 0.136. The molecule has 1 aromatic rings. The SMILES string of the molecule is [N-]=[N+]=NCC=Cc1ccc(C(F)(F)F)c(N)c1. The van der Waals surface area contributed by atoms with Gasteiger partial charge >= 0.3 is 6.18 Å². The summed E-state index contributed by atoms with van der Waals surface area (Å²) in [4.78, 5) is 2.53. The molecule has 0 atom stereocenters. The van der Waals surface area contributed by atoms with Gasteiger partial charge < -0.3 is 5.73 Å². The van der Waals surface area contributed by atoms with Crippen molar-refractivity contribution in [3.8, 4) is 0 Å². The van der Waals surface area contributed by atoms with Crippen molar-refractivity contribution in [3.05, 3.63) is 45.8 Å². The number of rotatable bonds is 3. The molecule has 0 unspecified atom stereocenters. The molecule has 0 fully saturated rings. The number of alkyl halides is 3. The summed E-state index contributed by atoms with van der Waals surface area (Å²) in [6, 6.07) is 3.43. The van der Waals surface area contributed by atoms with E-state index < -0.39 is 11.7 Å². The average molecular weight is 242 g/mol. The van der Waals surface area contributed by atoms with Crippen molar-refractivity contribution in [1.82, 2.24) is 0 Å². The number of azide groups is 1. The van der Waals surface area contributed by atoms with Gasteiger partial charge in [0.05, 0.1) is 5.56 Å². The van der Waals surface area contributed by atoms with Crippen molar-refractivity contribution < 1.29 is 13.2 Å². The second-order valence-corrected chi connectivity index (χ2v) is 3.16. The number of anilines is 1. The topological polar surface area (TPSA) is 74.8 Å². The highest BCUT2D eigenvalue weighted by Gasteiger charge is 2.32. The molecule has 0 saturated carbocycles. The molecule has 7 heteroatoms. The Morgan fingerprint density at radius 1 is 1.41 bits per heavy atom. The zero-order chi connectivity index (χ0) is 12.9. The van der Waals surface area contributed by atoms with Crippen molar-refractivity contribution >= 4 is 11.8 Å². The van der Waals surface area contributed by atoms with Gasteiger partial charge in [-0.15, -0.1) is 0 Å². The molecule has 0 bridgehead atoms. The highest BCUT2D eigenvalue weighted by atomic mass is 19.4. The number of nitrogens with zero attached hydrogens (tertiary/aromatic N) is 3. The molecule has 0 radical (unpaired) electrons. The Labute approximate surface area is 95.2 Å². The quantitative estimate of drug-likeness (QED) is 0.374.